The highest BCUT2D eigenvalue weighted by atomic mass is 32.1. The van der Waals surface area contributed by atoms with Crippen LogP contribution in [0, 0.1) is 6.92 Å². The molecular formula is C22H22N2OS. The maximum atomic E-state index is 13.0. The van der Waals surface area contributed by atoms with E-state index < -0.39 is 0 Å². The zero-order valence-corrected chi connectivity index (χ0v) is 15.9. The van der Waals surface area contributed by atoms with Crippen molar-refractivity contribution in [2.75, 3.05) is 4.90 Å². The monoisotopic (exact) mass is 362 g/mol. The van der Waals surface area contributed by atoms with Gasteiger partial charge in [0.25, 0.3) is 0 Å². The number of aromatic nitrogens is 1. The topological polar surface area (TPSA) is 33.2 Å². The summed E-state index contributed by atoms with van der Waals surface area (Å²) >= 11 is 1.60. The molecule has 0 fully saturated rings. The molecule has 0 N–H and O–H groups in total. The van der Waals surface area contributed by atoms with Gasteiger partial charge in [0.05, 0.1) is 12.1 Å². The van der Waals surface area contributed by atoms with E-state index >= 15 is 0 Å². The van der Waals surface area contributed by atoms with Gasteiger partial charge in [-0.15, -0.1) is 11.3 Å². The summed E-state index contributed by atoms with van der Waals surface area (Å²) in [5.74, 6) is 0.130. The number of para-hydroxylation sites is 1. The van der Waals surface area contributed by atoms with Gasteiger partial charge in [0.15, 0.2) is 0 Å². The number of thiazole rings is 1. The van der Waals surface area contributed by atoms with Crippen LogP contribution in [-0.2, 0) is 17.6 Å². The lowest BCUT2D eigenvalue weighted by Gasteiger charge is -2.35. The van der Waals surface area contributed by atoms with Crippen molar-refractivity contribution in [3.8, 4) is 10.6 Å². The van der Waals surface area contributed by atoms with Crippen molar-refractivity contribution in [2.24, 2.45) is 0 Å². The molecular weight excluding hydrogens is 340 g/mol. The number of benzene rings is 2. The number of aryl methyl sites for hydroxylation is 2. The van der Waals surface area contributed by atoms with Gasteiger partial charge in [0, 0.05) is 22.7 Å². The van der Waals surface area contributed by atoms with Crippen LogP contribution in [0.4, 0.5) is 5.69 Å². The van der Waals surface area contributed by atoms with Gasteiger partial charge in [-0.2, -0.15) is 0 Å². The van der Waals surface area contributed by atoms with Crippen LogP contribution in [0.2, 0.25) is 0 Å². The van der Waals surface area contributed by atoms with Gasteiger partial charge in [0.1, 0.15) is 5.01 Å². The Labute approximate surface area is 158 Å². The van der Waals surface area contributed by atoms with E-state index in [-0.39, 0.29) is 11.9 Å². The van der Waals surface area contributed by atoms with Gasteiger partial charge in [-0.05, 0) is 44.4 Å². The number of anilines is 1. The fourth-order valence-electron chi connectivity index (χ4n) is 3.61. The number of fused-ring (bicyclic) bond motifs is 1. The summed E-state index contributed by atoms with van der Waals surface area (Å²) in [6, 6.07) is 16.8. The van der Waals surface area contributed by atoms with Crippen LogP contribution < -0.4 is 4.90 Å². The first-order chi connectivity index (χ1) is 12.6. The summed E-state index contributed by atoms with van der Waals surface area (Å²) in [5.41, 5.74) is 5.51. The Morgan fingerprint density at radius 3 is 2.92 bits per heavy atom. The summed E-state index contributed by atoms with van der Waals surface area (Å²) in [6.07, 6.45) is 2.39. The van der Waals surface area contributed by atoms with Gasteiger partial charge in [-0.25, -0.2) is 4.98 Å². The van der Waals surface area contributed by atoms with Crippen LogP contribution in [0.15, 0.2) is 53.9 Å². The minimum absolute atomic E-state index is 0.130. The summed E-state index contributed by atoms with van der Waals surface area (Å²) in [7, 11) is 0. The zero-order valence-electron chi connectivity index (χ0n) is 15.1. The maximum Gasteiger partial charge on any atom is 0.233 e. The lowest BCUT2D eigenvalue weighted by Crippen LogP contribution is -2.43. The van der Waals surface area contributed by atoms with Crippen LogP contribution in [0.3, 0.4) is 0 Å². The molecule has 1 amide bonds. The maximum absolute atomic E-state index is 13.0. The molecule has 132 valence electrons. The first kappa shape index (κ1) is 17.0. The number of hydrogen-bond donors (Lipinski definition) is 0. The molecule has 3 aromatic rings. The predicted molar refractivity (Wildman–Crippen MR) is 108 cm³/mol. The quantitative estimate of drug-likeness (QED) is 0.655. The molecule has 4 rings (SSSR count). The van der Waals surface area contributed by atoms with Crippen LogP contribution in [0.5, 0.6) is 0 Å². The summed E-state index contributed by atoms with van der Waals surface area (Å²) in [5, 5.41) is 2.99. The molecule has 26 heavy (non-hydrogen) atoms. The molecule has 1 aliphatic heterocycles. The second-order valence-electron chi connectivity index (χ2n) is 6.97. The molecule has 0 saturated heterocycles. The zero-order chi connectivity index (χ0) is 18.1. The summed E-state index contributed by atoms with van der Waals surface area (Å²) in [6.45, 7) is 4.21. The third-order valence-corrected chi connectivity index (χ3v) is 5.88. The Hall–Kier alpha value is -2.46. The minimum atomic E-state index is 0.130. The van der Waals surface area contributed by atoms with Gasteiger partial charge in [0.2, 0.25) is 5.91 Å². The van der Waals surface area contributed by atoms with E-state index in [0.29, 0.717) is 6.42 Å². The molecule has 0 saturated carbocycles. The van der Waals surface area contributed by atoms with Crippen LogP contribution in [0.1, 0.15) is 30.2 Å². The van der Waals surface area contributed by atoms with Crippen molar-refractivity contribution in [3.63, 3.8) is 0 Å². The average Bonchev–Trinajstić information content (AvgIpc) is 3.10. The minimum Gasteiger partial charge on any atom is -0.309 e. The average molecular weight is 362 g/mol. The highest BCUT2D eigenvalue weighted by Crippen LogP contribution is 2.31. The number of hydrogen-bond acceptors (Lipinski definition) is 3. The molecule has 0 radical (unpaired) electrons. The molecule has 1 aromatic heterocycles. The Morgan fingerprint density at radius 1 is 1.23 bits per heavy atom. The van der Waals surface area contributed by atoms with Gasteiger partial charge < -0.3 is 4.90 Å². The molecule has 1 unspecified atom stereocenters. The van der Waals surface area contributed by atoms with E-state index in [4.69, 9.17) is 4.98 Å². The third kappa shape index (κ3) is 3.29. The Balaban J connectivity index is 1.56. The van der Waals surface area contributed by atoms with Gasteiger partial charge in [-0.1, -0.05) is 42.0 Å². The first-order valence-electron chi connectivity index (χ1n) is 9.03. The van der Waals surface area contributed by atoms with Crippen molar-refractivity contribution >= 4 is 22.9 Å². The van der Waals surface area contributed by atoms with E-state index in [1.807, 2.05) is 28.5 Å². The van der Waals surface area contributed by atoms with Crippen molar-refractivity contribution in [2.45, 2.75) is 39.2 Å². The van der Waals surface area contributed by atoms with Crippen molar-refractivity contribution < 1.29 is 4.79 Å². The second-order valence-corrected chi connectivity index (χ2v) is 7.83. The summed E-state index contributed by atoms with van der Waals surface area (Å²) in [4.78, 5) is 19.7. The van der Waals surface area contributed by atoms with Crippen LogP contribution in [0.25, 0.3) is 10.6 Å². The van der Waals surface area contributed by atoms with Crippen LogP contribution in [-0.4, -0.2) is 16.9 Å². The van der Waals surface area contributed by atoms with E-state index in [2.05, 4.69) is 44.2 Å². The van der Waals surface area contributed by atoms with E-state index in [0.717, 1.165) is 34.8 Å². The molecule has 0 spiro atoms. The standard InChI is InChI=1S/C22H22N2OS/c1-15-6-5-8-18(12-15)22-23-19(14-26-22)13-21(25)24-16(2)10-11-17-7-3-4-9-20(17)24/h3-9,12,14,16H,10-11,13H2,1-2H3. The van der Waals surface area contributed by atoms with Gasteiger partial charge in [-0.3, -0.25) is 4.79 Å². The van der Waals surface area contributed by atoms with Crippen molar-refractivity contribution in [3.05, 3.63) is 70.7 Å². The Bertz CT molecular complexity index is 947. The second kappa shape index (κ2) is 7.04. The third-order valence-electron chi connectivity index (χ3n) is 4.94. The van der Waals surface area contributed by atoms with Gasteiger partial charge >= 0.3 is 0 Å². The lowest BCUT2D eigenvalue weighted by molar-refractivity contribution is -0.118. The molecule has 1 atom stereocenters. The largest absolute Gasteiger partial charge is 0.309 e. The van der Waals surface area contributed by atoms with Crippen molar-refractivity contribution in [1.82, 2.24) is 4.98 Å². The smallest absolute Gasteiger partial charge is 0.233 e. The molecule has 0 bridgehead atoms. The molecule has 2 heterocycles. The van der Waals surface area contributed by atoms with E-state index in [1.54, 1.807) is 11.3 Å². The number of amides is 1. The molecule has 3 nitrogen and oxygen atoms in total. The number of carbonyl (C=O) groups is 1. The van der Waals surface area contributed by atoms with E-state index in [9.17, 15) is 4.79 Å². The molecule has 0 aliphatic carbocycles. The highest BCUT2D eigenvalue weighted by Gasteiger charge is 2.28. The molecule has 4 heteroatoms. The Morgan fingerprint density at radius 2 is 2.08 bits per heavy atom. The SMILES string of the molecule is Cc1cccc(-c2nc(CC(=O)N3c4ccccc4CCC3C)cs2)c1. The highest BCUT2D eigenvalue weighted by molar-refractivity contribution is 7.13. The number of nitrogens with zero attached hydrogens (tertiary/aromatic N) is 2. The van der Waals surface area contributed by atoms with Crippen molar-refractivity contribution in [1.29, 1.82) is 0 Å². The first-order valence-corrected chi connectivity index (χ1v) is 9.91. The predicted octanol–water partition coefficient (Wildman–Crippen LogP) is 5.03. The normalized spacial score (nSPS) is 16.4. The van der Waals surface area contributed by atoms with Crippen LogP contribution >= 0.6 is 11.3 Å². The lowest BCUT2D eigenvalue weighted by atomic mass is 9.96. The summed E-state index contributed by atoms with van der Waals surface area (Å²) < 4.78 is 0. The number of rotatable bonds is 3. The number of carbonyl (C=O) groups excluding carboxylic acids is 1. The fraction of sp³-hybridized carbons (Fsp3) is 0.273. The Kier molecular flexibility index (Phi) is 4.60. The fourth-order valence-corrected chi connectivity index (χ4v) is 4.42. The molecule has 2 aromatic carbocycles. The van der Waals surface area contributed by atoms with E-state index in [1.165, 1.54) is 11.1 Å². The molecule has 1 aliphatic rings.